The zero-order chi connectivity index (χ0) is 10.6. The van der Waals surface area contributed by atoms with Gasteiger partial charge in [0.1, 0.15) is 0 Å². The highest BCUT2D eigenvalue weighted by Gasteiger charge is 2.25. The molecule has 0 amide bonds. The van der Waals surface area contributed by atoms with Gasteiger partial charge in [0.05, 0.1) is 6.10 Å². The molecule has 84 valence electrons. The Hall–Kier alpha value is -0.0800. The fraction of sp³-hybridized carbons (Fsp3) is 1.00. The molecule has 1 rings (SSSR count). The molecule has 0 aromatic carbocycles. The number of hydrogen-bond donors (Lipinski definition) is 1. The second kappa shape index (κ2) is 5.13. The normalized spacial score (nSPS) is 29.1. The fourth-order valence-electron chi connectivity index (χ4n) is 2.14. The van der Waals surface area contributed by atoms with Crippen LogP contribution in [0.2, 0.25) is 0 Å². The van der Waals surface area contributed by atoms with E-state index in [0.29, 0.717) is 12.1 Å². The van der Waals surface area contributed by atoms with Gasteiger partial charge in [0.15, 0.2) is 0 Å². The summed E-state index contributed by atoms with van der Waals surface area (Å²) in [5.74, 6) is 0. The van der Waals surface area contributed by atoms with E-state index in [9.17, 15) is 0 Å². The molecule has 1 aliphatic carbocycles. The minimum Gasteiger partial charge on any atom is -0.381 e. The van der Waals surface area contributed by atoms with Crippen molar-refractivity contribution < 1.29 is 4.74 Å². The Kier molecular flexibility index (Phi) is 4.39. The van der Waals surface area contributed by atoms with E-state index in [2.05, 4.69) is 26.1 Å². The number of methoxy groups -OCH3 is 1. The van der Waals surface area contributed by atoms with Crippen LogP contribution < -0.4 is 5.32 Å². The molecular formula is C12H25NO. The van der Waals surface area contributed by atoms with E-state index >= 15 is 0 Å². The minimum atomic E-state index is 0.278. The Balaban J connectivity index is 2.37. The molecular weight excluding hydrogens is 174 g/mol. The third-order valence-electron chi connectivity index (χ3n) is 3.44. The number of ether oxygens (including phenoxy) is 1. The van der Waals surface area contributed by atoms with Gasteiger partial charge in [-0.2, -0.15) is 0 Å². The lowest BCUT2D eigenvalue weighted by Crippen LogP contribution is -2.48. The summed E-state index contributed by atoms with van der Waals surface area (Å²) >= 11 is 0. The van der Waals surface area contributed by atoms with Gasteiger partial charge in [-0.25, -0.2) is 0 Å². The van der Waals surface area contributed by atoms with Crippen molar-refractivity contribution in [2.24, 2.45) is 0 Å². The average Bonchev–Trinajstić information content (AvgIpc) is 2.17. The maximum Gasteiger partial charge on any atom is 0.0586 e. The van der Waals surface area contributed by atoms with Crippen molar-refractivity contribution in [2.75, 3.05) is 7.11 Å². The van der Waals surface area contributed by atoms with Crippen LogP contribution in [0.3, 0.4) is 0 Å². The van der Waals surface area contributed by atoms with Crippen molar-refractivity contribution >= 4 is 0 Å². The summed E-state index contributed by atoms with van der Waals surface area (Å²) in [5.41, 5.74) is 0.278. The lowest BCUT2D eigenvalue weighted by Gasteiger charge is -2.35. The molecule has 0 aromatic rings. The molecule has 0 heterocycles. The molecule has 1 saturated carbocycles. The summed E-state index contributed by atoms with van der Waals surface area (Å²) in [7, 11) is 1.83. The highest BCUT2D eigenvalue weighted by Crippen LogP contribution is 2.23. The Morgan fingerprint density at radius 1 is 1.36 bits per heavy atom. The van der Waals surface area contributed by atoms with Crippen LogP contribution in [0.15, 0.2) is 0 Å². The van der Waals surface area contributed by atoms with E-state index in [-0.39, 0.29) is 5.54 Å². The maximum absolute atomic E-state index is 5.43. The molecule has 0 aromatic heterocycles. The lowest BCUT2D eigenvalue weighted by molar-refractivity contribution is 0.0537. The highest BCUT2D eigenvalue weighted by molar-refractivity contribution is 4.85. The van der Waals surface area contributed by atoms with Gasteiger partial charge in [-0.1, -0.05) is 6.92 Å². The van der Waals surface area contributed by atoms with Crippen LogP contribution in [0.5, 0.6) is 0 Å². The first-order valence-electron chi connectivity index (χ1n) is 5.88. The van der Waals surface area contributed by atoms with Crippen LogP contribution >= 0.6 is 0 Å². The Morgan fingerprint density at radius 3 is 2.64 bits per heavy atom. The summed E-state index contributed by atoms with van der Waals surface area (Å²) in [5, 5.41) is 3.73. The third-order valence-corrected chi connectivity index (χ3v) is 3.44. The van der Waals surface area contributed by atoms with Gasteiger partial charge >= 0.3 is 0 Å². The molecule has 14 heavy (non-hydrogen) atoms. The lowest BCUT2D eigenvalue weighted by atomic mass is 9.90. The van der Waals surface area contributed by atoms with E-state index in [1.54, 1.807) is 0 Å². The molecule has 2 atom stereocenters. The molecule has 0 radical (unpaired) electrons. The topological polar surface area (TPSA) is 21.3 Å². The van der Waals surface area contributed by atoms with Crippen molar-refractivity contribution in [1.82, 2.24) is 5.32 Å². The van der Waals surface area contributed by atoms with Crippen molar-refractivity contribution in [1.29, 1.82) is 0 Å². The molecule has 1 N–H and O–H groups in total. The largest absolute Gasteiger partial charge is 0.381 e. The number of nitrogens with one attached hydrogen (secondary N) is 1. The van der Waals surface area contributed by atoms with Gasteiger partial charge < -0.3 is 10.1 Å². The molecule has 2 heteroatoms. The molecule has 1 fully saturated rings. The monoisotopic (exact) mass is 199 g/mol. The van der Waals surface area contributed by atoms with Crippen molar-refractivity contribution in [2.45, 2.75) is 70.6 Å². The summed E-state index contributed by atoms with van der Waals surface area (Å²) in [6, 6.07) is 0.656. The summed E-state index contributed by atoms with van der Waals surface area (Å²) in [6.45, 7) is 6.80. The second-order valence-electron chi connectivity index (χ2n) is 5.10. The van der Waals surface area contributed by atoms with Gasteiger partial charge in [-0.3, -0.25) is 0 Å². The van der Waals surface area contributed by atoms with Crippen LogP contribution in [0.25, 0.3) is 0 Å². The quantitative estimate of drug-likeness (QED) is 0.751. The van der Waals surface area contributed by atoms with E-state index in [0.717, 1.165) is 0 Å². The smallest absolute Gasteiger partial charge is 0.0586 e. The Morgan fingerprint density at radius 2 is 2.07 bits per heavy atom. The van der Waals surface area contributed by atoms with Crippen LogP contribution in [-0.2, 0) is 4.74 Å². The van der Waals surface area contributed by atoms with Crippen molar-refractivity contribution in [3.05, 3.63) is 0 Å². The van der Waals surface area contributed by atoms with Gasteiger partial charge in [-0.05, 0) is 46.0 Å². The third kappa shape index (κ3) is 3.58. The summed E-state index contributed by atoms with van der Waals surface area (Å²) in [6.07, 6.45) is 6.69. The number of rotatable bonds is 4. The average molecular weight is 199 g/mol. The van der Waals surface area contributed by atoms with Gasteiger partial charge in [0, 0.05) is 18.7 Å². The van der Waals surface area contributed by atoms with Crippen LogP contribution in [-0.4, -0.2) is 24.8 Å². The van der Waals surface area contributed by atoms with Crippen LogP contribution in [0, 0.1) is 0 Å². The standard InChI is InChI=1S/C12H25NO/c1-5-12(2,3)13-10-7-6-8-11(9-10)14-4/h10-11,13H,5-9H2,1-4H3. The Labute approximate surface area is 88.4 Å². The molecule has 0 aliphatic heterocycles. The molecule has 0 saturated heterocycles. The van der Waals surface area contributed by atoms with Crippen molar-refractivity contribution in [3.8, 4) is 0 Å². The highest BCUT2D eigenvalue weighted by atomic mass is 16.5. The molecule has 2 unspecified atom stereocenters. The van der Waals surface area contributed by atoms with Gasteiger partial charge in [0.2, 0.25) is 0 Å². The van der Waals surface area contributed by atoms with Gasteiger partial charge in [-0.15, -0.1) is 0 Å². The first-order chi connectivity index (χ1) is 6.57. The van der Waals surface area contributed by atoms with E-state index < -0.39 is 0 Å². The van der Waals surface area contributed by atoms with E-state index in [1.807, 2.05) is 7.11 Å². The van der Waals surface area contributed by atoms with Crippen LogP contribution in [0.4, 0.5) is 0 Å². The molecule has 0 bridgehead atoms. The first-order valence-corrected chi connectivity index (χ1v) is 5.88. The van der Waals surface area contributed by atoms with Crippen molar-refractivity contribution in [3.63, 3.8) is 0 Å². The molecule has 1 aliphatic rings. The zero-order valence-electron chi connectivity index (χ0n) is 10.1. The molecule has 0 spiro atoms. The Bertz CT molecular complexity index is 168. The summed E-state index contributed by atoms with van der Waals surface area (Å²) in [4.78, 5) is 0. The first kappa shape index (κ1) is 12.0. The van der Waals surface area contributed by atoms with Crippen LogP contribution in [0.1, 0.15) is 52.9 Å². The number of hydrogen-bond acceptors (Lipinski definition) is 2. The zero-order valence-corrected chi connectivity index (χ0v) is 10.1. The maximum atomic E-state index is 5.43. The summed E-state index contributed by atoms with van der Waals surface area (Å²) < 4.78 is 5.43. The second-order valence-corrected chi connectivity index (χ2v) is 5.10. The predicted molar refractivity (Wildman–Crippen MR) is 60.6 cm³/mol. The molecule has 2 nitrogen and oxygen atoms in total. The fourth-order valence-corrected chi connectivity index (χ4v) is 2.14. The predicted octanol–water partition coefficient (Wildman–Crippen LogP) is 2.72. The van der Waals surface area contributed by atoms with Gasteiger partial charge in [0.25, 0.3) is 0 Å². The minimum absolute atomic E-state index is 0.278. The SMILES string of the molecule is CCC(C)(C)NC1CCCC(OC)C1. The van der Waals surface area contributed by atoms with E-state index in [1.165, 1.54) is 32.1 Å². The van der Waals surface area contributed by atoms with E-state index in [4.69, 9.17) is 4.74 Å².